The maximum atomic E-state index is 12.5. The van der Waals surface area contributed by atoms with E-state index in [1.54, 1.807) is 4.68 Å². The van der Waals surface area contributed by atoms with Gasteiger partial charge in [0.05, 0.1) is 12.2 Å². The van der Waals surface area contributed by atoms with Gasteiger partial charge in [0.2, 0.25) is 5.91 Å². The van der Waals surface area contributed by atoms with Crippen LogP contribution < -0.4 is 10.1 Å². The molecular formula is C19H26N4O2. The van der Waals surface area contributed by atoms with Gasteiger partial charge in [0.1, 0.15) is 5.75 Å². The smallest absolute Gasteiger partial charge is 0.240 e. The first kappa shape index (κ1) is 17.5. The average Bonchev–Trinajstić information content (AvgIpc) is 3.23. The molecule has 1 saturated heterocycles. The second-order valence-electron chi connectivity index (χ2n) is 6.59. The van der Waals surface area contributed by atoms with E-state index in [0.29, 0.717) is 6.42 Å². The molecule has 2 heterocycles. The molecular weight excluding hydrogens is 316 g/mol. The van der Waals surface area contributed by atoms with Crippen LogP contribution in [0.4, 0.5) is 0 Å². The van der Waals surface area contributed by atoms with E-state index in [4.69, 9.17) is 4.74 Å². The van der Waals surface area contributed by atoms with Crippen LogP contribution in [0.1, 0.15) is 26.2 Å². The lowest BCUT2D eigenvalue weighted by molar-refractivity contribution is -0.127. The number of carbonyl (C=O) groups is 1. The number of likely N-dealkylation sites (N-methyl/N-ethyl adjacent to an activating group) is 1. The SMILES string of the molecule is CCC(NC(=O)C1CCCN1C)Oc1cccc(-c2cnn(C)c2)c1. The van der Waals surface area contributed by atoms with Gasteiger partial charge in [-0.3, -0.25) is 14.4 Å². The molecule has 0 radical (unpaired) electrons. The first-order valence-electron chi connectivity index (χ1n) is 8.83. The zero-order valence-electron chi connectivity index (χ0n) is 15.1. The van der Waals surface area contributed by atoms with E-state index < -0.39 is 0 Å². The number of nitrogens with one attached hydrogen (secondary N) is 1. The third-order valence-corrected chi connectivity index (χ3v) is 4.65. The highest BCUT2D eigenvalue weighted by molar-refractivity contribution is 5.82. The number of ether oxygens (including phenoxy) is 1. The third-order valence-electron chi connectivity index (χ3n) is 4.65. The van der Waals surface area contributed by atoms with Gasteiger partial charge in [0.15, 0.2) is 6.23 Å². The molecule has 1 fully saturated rings. The normalized spacial score (nSPS) is 18.9. The van der Waals surface area contributed by atoms with Crippen molar-refractivity contribution in [3.8, 4) is 16.9 Å². The van der Waals surface area contributed by atoms with Crippen molar-refractivity contribution in [1.29, 1.82) is 0 Å². The number of likely N-dealkylation sites (tertiary alicyclic amines) is 1. The van der Waals surface area contributed by atoms with Gasteiger partial charge in [0, 0.05) is 25.2 Å². The number of nitrogens with zero attached hydrogens (tertiary/aromatic N) is 3. The summed E-state index contributed by atoms with van der Waals surface area (Å²) >= 11 is 0. The molecule has 2 aromatic rings. The van der Waals surface area contributed by atoms with E-state index in [0.717, 1.165) is 36.3 Å². The number of aryl methyl sites for hydroxylation is 1. The molecule has 134 valence electrons. The Hall–Kier alpha value is -2.34. The fourth-order valence-corrected chi connectivity index (χ4v) is 3.19. The lowest BCUT2D eigenvalue weighted by atomic mass is 10.1. The minimum atomic E-state index is -0.328. The lowest BCUT2D eigenvalue weighted by Gasteiger charge is -2.24. The highest BCUT2D eigenvalue weighted by atomic mass is 16.5. The molecule has 2 unspecified atom stereocenters. The largest absolute Gasteiger partial charge is 0.471 e. The van der Waals surface area contributed by atoms with Crippen molar-refractivity contribution in [2.24, 2.45) is 7.05 Å². The summed E-state index contributed by atoms with van der Waals surface area (Å²) in [4.78, 5) is 14.6. The summed E-state index contributed by atoms with van der Waals surface area (Å²) in [7, 11) is 3.89. The van der Waals surface area contributed by atoms with Crippen LogP contribution in [-0.2, 0) is 11.8 Å². The van der Waals surface area contributed by atoms with Crippen LogP contribution in [0.2, 0.25) is 0 Å². The Morgan fingerprint density at radius 1 is 1.40 bits per heavy atom. The second kappa shape index (κ2) is 7.70. The predicted octanol–water partition coefficient (Wildman–Crippen LogP) is 2.41. The van der Waals surface area contributed by atoms with Gasteiger partial charge < -0.3 is 10.1 Å². The maximum absolute atomic E-state index is 12.5. The standard InChI is InChI=1S/C19H26N4O2/c1-4-18(21-19(24)17-9-6-10-22(17)2)25-16-8-5-7-14(11-16)15-12-20-23(3)13-15/h5,7-8,11-13,17-18H,4,6,9-10H2,1-3H3,(H,21,24). The number of benzene rings is 1. The topological polar surface area (TPSA) is 59.4 Å². The van der Waals surface area contributed by atoms with Crippen LogP contribution >= 0.6 is 0 Å². The van der Waals surface area contributed by atoms with Crippen LogP contribution in [0.25, 0.3) is 11.1 Å². The Balaban J connectivity index is 1.66. The first-order valence-corrected chi connectivity index (χ1v) is 8.83. The Labute approximate surface area is 148 Å². The molecule has 0 bridgehead atoms. The van der Waals surface area contributed by atoms with Crippen LogP contribution in [0, 0.1) is 0 Å². The highest BCUT2D eigenvalue weighted by Gasteiger charge is 2.29. The summed E-state index contributed by atoms with van der Waals surface area (Å²) in [6, 6.07) is 7.83. The van der Waals surface area contributed by atoms with Crippen LogP contribution in [-0.4, -0.2) is 46.4 Å². The summed E-state index contributed by atoms with van der Waals surface area (Å²) < 4.78 is 7.79. The zero-order chi connectivity index (χ0) is 17.8. The quantitative estimate of drug-likeness (QED) is 0.819. The van der Waals surface area contributed by atoms with Crippen molar-refractivity contribution in [3.05, 3.63) is 36.7 Å². The highest BCUT2D eigenvalue weighted by Crippen LogP contribution is 2.24. The van der Waals surface area contributed by atoms with Gasteiger partial charge in [-0.15, -0.1) is 0 Å². The molecule has 0 spiro atoms. The molecule has 0 saturated carbocycles. The molecule has 6 nitrogen and oxygen atoms in total. The minimum absolute atomic E-state index is 0.0422. The van der Waals surface area contributed by atoms with Gasteiger partial charge in [0.25, 0.3) is 0 Å². The summed E-state index contributed by atoms with van der Waals surface area (Å²) in [6.07, 6.45) is 6.15. The monoisotopic (exact) mass is 342 g/mol. The Morgan fingerprint density at radius 2 is 2.24 bits per heavy atom. The van der Waals surface area contributed by atoms with Crippen LogP contribution in [0.3, 0.4) is 0 Å². The van der Waals surface area contributed by atoms with Crippen molar-refractivity contribution >= 4 is 5.91 Å². The predicted molar refractivity (Wildman–Crippen MR) is 97.1 cm³/mol. The van der Waals surface area contributed by atoms with Gasteiger partial charge in [-0.1, -0.05) is 19.1 Å². The lowest BCUT2D eigenvalue weighted by Crippen LogP contribution is -2.47. The number of aromatic nitrogens is 2. The number of carbonyl (C=O) groups excluding carboxylic acids is 1. The van der Waals surface area contributed by atoms with Gasteiger partial charge in [-0.2, -0.15) is 5.10 Å². The molecule has 1 aliphatic heterocycles. The molecule has 2 atom stereocenters. The van der Waals surface area contributed by atoms with Crippen molar-refractivity contribution in [1.82, 2.24) is 20.0 Å². The summed E-state index contributed by atoms with van der Waals surface area (Å²) in [5.41, 5.74) is 2.08. The molecule has 0 aliphatic carbocycles. The second-order valence-corrected chi connectivity index (χ2v) is 6.59. The average molecular weight is 342 g/mol. The van der Waals surface area contributed by atoms with Crippen molar-refractivity contribution in [3.63, 3.8) is 0 Å². The Bertz CT molecular complexity index is 728. The van der Waals surface area contributed by atoms with E-state index in [1.165, 1.54) is 0 Å². The van der Waals surface area contributed by atoms with Crippen molar-refractivity contribution < 1.29 is 9.53 Å². The zero-order valence-corrected chi connectivity index (χ0v) is 15.1. The van der Waals surface area contributed by atoms with Crippen molar-refractivity contribution in [2.45, 2.75) is 38.5 Å². The summed E-state index contributed by atoms with van der Waals surface area (Å²) in [6.45, 7) is 2.98. The fourth-order valence-electron chi connectivity index (χ4n) is 3.19. The molecule has 1 aromatic carbocycles. The Kier molecular flexibility index (Phi) is 5.38. The number of amides is 1. The van der Waals surface area contributed by atoms with Gasteiger partial charge >= 0.3 is 0 Å². The molecule has 1 aliphatic rings. The first-order chi connectivity index (χ1) is 12.1. The molecule has 3 rings (SSSR count). The van der Waals surface area contributed by atoms with E-state index in [1.807, 2.05) is 57.7 Å². The number of hydrogen-bond donors (Lipinski definition) is 1. The molecule has 1 N–H and O–H groups in total. The molecule has 25 heavy (non-hydrogen) atoms. The van der Waals surface area contributed by atoms with Crippen LogP contribution in [0.5, 0.6) is 5.75 Å². The minimum Gasteiger partial charge on any atom is -0.471 e. The maximum Gasteiger partial charge on any atom is 0.240 e. The van der Waals surface area contributed by atoms with E-state index >= 15 is 0 Å². The Morgan fingerprint density at radius 3 is 2.88 bits per heavy atom. The fraction of sp³-hybridized carbons (Fsp3) is 0.474. The van der Waals surface area contributed by atoms with E-state index in [-0.39, 0.29) is 18.2 Å². The molecule has 1 aromatic heterocycles. The number of hydrogen-bond acceptors (Lipinski definition) is 4. The van der Waals surface area contributed by atoms with E-state index in [9.17, 15) is 4.79 Å². The summed E-state index contributed by atoms with van der Waals surface area (Å²) in [5, 5.41) is 7.24. The van der Waals surface area contributed by atoms with Gasteiger partial charge in [-0.25, -0.2) is 0 Å². The van der Waals surface area contributed by atoms with Crippen LogP contribution in [0.15, 0.2) is 36.7 Å². The number of rotatable bonds is 6. The molecule has 1 amide bonds. The third kappa shape index (κ3) is 4.20. The summed E-state index contributed by atoms with van der Waals surface area (Å²) in [5.74, 6) is 0.795. The van der Waals surface area contributed by atoms with Crippen molar-refractivity contribution in [2.75, 3.05) is 13.6 Å². The molecule has 6 heteroatoms. The van der Waals surface area contributed by atoms with Gasteiger partial charge in [-0.05, 0) is 44.1 Å². The van der Waals surface area contributed by atoms with E-state index in [2.05, 4.69) is 15.3 Å².